The smallest absolute Gasteiger partial charge is 0.251 e. The maximum atomic E-state index is 12.8. The molecule has 0 aliphatic carbocycles. The zero-order chi connectivity index (χ0) is 20.1. The number of nitrogens with one attached hydrogen (secondary N) is 2. The van der Waals surface area contributed by atoms with Gasteiger partial charge in [0.15, 0.2) is 0 Å². The fourth-order valence-corrected chi connectivity index (χ4v) is 4.23. The summed E-state index contributed by atoms with van der Waals surface area (Å²) < 4.78 is 32.2. The highest BCUT2D eigenvalue weighted by Crippen LogP contribution is 2.20. The highest BCUT2D eigenvalue weighted by molar-refractivity contribution is 7.89. The van der Waals surface area contributed by atoms with Crippen molar-refractivity contribution >= 4 is 15.9 Å². The fourth-order valence-electron chi connectivity index (χ4n) is 2.79. The number of ether oxygens (including phenoxy) is 1. The number of nitrogens with zero attached hydrogens (tertiary/aromatic N) is 1. The highest BCUT2D eigenvalue weighted by atomic mass is 32.2. The first-order valence-corrected chi connectivity index (χ1v) is 10.8. The van der Waals surface area contributed by atoms with Gasteiger partial charge in [-0.25, -0.2) is 8.42 Å². The zero-order valence-corrected chi connectivity index (χ0v) is 17.5. The first kappa shape index (κ1) is 21.8. The summed E-state index contributed by atoms with van der Waals surface area (Å²) in [7, 11) is -3.62. The molecule has 1 heterocycles. The molecule has 2 N–H and O–H groups in total. The number of carbonyl (C=O) groups excluding carboxylic acids is 1. The topological polar surface area (TPSA) is 87.7 Å². The molecular weight excluding hydrogens is 366 g/mol. The predicted molar refractivity (Wildman–Crippen MR) is 105 cm³/mol. The van der Waals surface area contributed by atoms with Crippen molar-refractivity contribution in [3.05, 3.63) is 29.3 Å². The van der Waals surface area contributed by atoms with Crippen molar-refractivity contribution in [2.75, 3.05) is 39.4 Å². The lowest BCUT2D eigenvalue weighted by atomic mass is 10.1. The predicted octanol–water partition coefficient (Wildman–Crippen LogP) is 1.52. The lowest BCUT2D eigenvalue weighted by Gasteiger charge is -2.26. The summed E-state index contributed by atoms with van der Waals surface area (Å²) in [5.41, 5.74) is 1.19. The van der Waals surface area contributed by atoms with Crippen LogP contribution in [0.2, 0.25) is 0 Å². The standard InChI is InChI=1S/C19H31N3O4S/c1-15-6-7-16(27(24,25)22-10-12-26-13-11-22)14-17(15)18(23)20-8-5-9-21-19(2,3)4/h6-7,14,21H,5,8-13H2,1-4H3,(H,20,23). The van der Waals surface area contributed by atoms with Crippen LogP contribution < -0.4 is 10.6 Å². The van der Waals surface area contributed by atoms with Crippen molar-refractivity contribution < 1.29 is 17.9 Å². The molecule has 1 aromatic rings. The number of aryl methyl sites for hydroxylation is 1. The maximum Gasteiger partial charge on any atom is 0.251 e. The van der Waals surface area contributed by atoms with Crippen LogP contribution in [-0.2, 0) is 14.8 Å². The summed E-state index contributed by atoms with van der Waals surface area (Å²) in [6, 6.07) is 4.72. The summed E-state index contributed by atoms with van der Waals surface area (Å²) in [5.74, 6) is -0.248. The van der Waals surface area contributed by atoms with Crippen molar-refractivity contribution in [3.8, 4) is 0 Å². The maximum absolute atomic E-state index is 12.8. The Balaban J connectivity index is 2.02. The molecule has 0 radical (unpaired) electrons. The number of hydrogen-bond donors (Lipinski definition) is 2. The molecule has 0 spiro atoms. The SMILES string of the molecule is Cc1ccc(S(=O)(=O)N2CCOCC2)cc1C(=O)NCCCNC(C)(C)C. The summed E-state index contributed by atoms with van der Waals surface area (Å²) in [6.07, 6.45) is 0.799. The minimum Gasteiger partial charge on any atom is -0.379 e. The van der Waals surface area contributed by atoms with Gasteiger partial charge in [-0.15, -0.1) is 0 Å². The van der Waals surface area contributed by atoms with Crippen molar-refractivity contribution in [3.63, 3.8) is 0 Å². The van der Waals surface area contributed by atoms with E-state index in [0.29, 0.717) is 38.4 Å². The Bertz CT molecular complexity index is 751. The van der Waals surface area contributed by atoms with Crippen LogP contribution in [0.1, 0.15) is 43.1 Å². The average Bonchev–Trinajstić information content (AvgIpc) is 2.61. The normalized spacial score (nSPS) is 16.3. The van der Waals surface area contributed by atoms with Gasteiger partial charge in [0.25, 0.3) is 5.91 Å². The minimum absolute atomic E-state index is 0.0444. The highest BCUT2D eigenvalue weighted by Gasteiger charge is 2.27. The van der Waals surface area contributed by atoms with E-state index in [4.69, 9.17) is 4.74 Å². The molecule has 1 aromatic carbocycles. The quantitative estimate of drug-likeness (QED) is 0.681. The van der Waals surface area contributed by atoms with Crippen LogP contribution in [0.5, 0.6) is 0 Å². The van der Waals surface area contributed by atoms with Gasteiger partial charge in [-0.1, -0.05) is 6.07 Å². The van der Waals surface area contributed by atoms with Gasteiger partial charge in [0.2, 0.25) is 10.0 Å². The molecule has 27 heavy (non-hydrogen) atoms. The monoisotopic (exact) mass is 397 g/mol. The van der Waals surface area contributed by atoms with Gasteiger partial charge in [-0.05, 0) is 58.4 Å². The number of carbonyl (C=O) groups is 1. The summed E-state index contributed by atoms with van der Waals surface area (Å²) >= 11 is 0. The van der Waals surface area contributed by atoms with Crippen LogP contribution in [0.4, 0.5) is 0 Å². The van der Waals surface area contributed by atoms with Gasteiger partial charge in [0.05, 0.1) is 18.1 Å². The van der Waals surface area contributed by atoms with E-state index in [9.17, 15) is 13.2 Å². The van der Waals surface area contributed by atoms with Crippen LogP contribution in [0.15, 0.2) is 23.1 Å². The third-order valence-corrected chi connectivity index (χ3v) is 6.25. The molecule has 1 aliphatic rings. The van der Waals surface area contributed by atoms with E-state index < -0.39 is 10.0 Å². The Morgan fingerprint density at radius 3 is 2.48 bits per heavy atom. The number of sulfonamides is 1. The Kier molecular flexibility index (Phi) is 7.39. The van der Waals surface area contributed by atoms with Crippen LogP contribution in [0.25, 0.3) is 0 Å². The molecule has 2 rings (SSSR count). The molecule has 1 amide bonds. The fraction of sp³-hybridized carbons (Fsp3) is 0.632. The summed E-state index contributed by atoms with van der Waals surface area (Å²) in [6.45, 7) is 10.9. The van der Waals surface area contributed by atoms with Gasteiger partial charge in [-0.3, -0.25) is 4.79 Å². The second kappa shape index (κ2) is 9.14. The van der Waals surface area contributed by atoms with Gasteiger partial charge < -0.3 is 15.4 Å². The van der Waals surface area contributed by atoms with Gasteiger partial charge >= 0.3 is 0 Å². The Morgan fingerprint density at radius 1 is 1.19 bits per heavy atom. The Morgan fingerprint density at radius 2 is 1.85 bits per heavy atom. The van der Waals surface area contributed by atoms with E-state index in [-0.39, 0.29) is 16.3 Å². The summed E-state index contributed by atoms with van der Waals surface area (Å²) in [4.78, 5) is 12.7. The Hall–Kier alpha value is -1.48. The largest absolute Gasteiger partial charge is 0.379 e. The van der Waals surface area contributed by atoms with Gasteiger partial charge in [0.1, 0.15) is 0 Å². The van der Waals surface area contributed by atoms with Crippen LogP contribution >= 0.6 is 0 Å². The van der Waals surface area contributed by atoms with Gasteiger partial charge in [0, 0.05) is 30.7 Å². The van der Waals surface area contributed by atoms with Crippen molar-refractivity contribution in [1.29, 1.82) is 0 Å². The Labute approximate surface area is 162 Å². The first-order chi connectivity index (χ1) is 12.6. The molecule has 8 heteroatoms. The lowest BCUT2D eigenvalue weighted by Crippen LogP contribution is -2.40. The van der Waals surface area contributed by atoms with Crippen LogP contribution in [0.3, 0.4) is 0 Å². The molecule has 1 fully saturated rings. The zero-order valence-electron chi connectivity index (χ0n) is 16.7. The van der Waals surface area contributed by atoms with E-state index in [1.807, 2.05) is 0 Å². The minimum atomic E-state index is -3.62. The van der Waals surface area contributed by atoms with E-state index in [1.54, 1.807) is 19.1 Å². The molecule has 0 atom stereocenters. The number of amides is 1. The molecule has 1 saturated heterocycles. The van der Waals surface area contributed by atoms with Gasteiger partial charge in [-0.2, -0.15) is 4.31 Å². The molecule has 0 saturated carbocycles. The molecule has 0 aromatic heterocycles. The number of morpholine rings is 1. The number of rotatable bonds is 7. The van der Waals surface area contributed by atoms with E-state index in [0.717, 1.165) is 18.5 Å². The molecular formula is C19H31N3O4S. The molecule has 7 nitrogen and oxygen atoms in total. The lowest BCUT2D eigenvalue weighted by molar-refractivity contribution is 0.0730. The van der Waals surface area contributed by atoms with Crippen LogP contribution in [0, 0.1) is 6.92 Å². The van der Waals surface area contributed by atoms with E-state index in [1.165, 1.54) is 10.4 Å². The van der Waals surface area contributed by atoms with Crippen molar-refractivity contribution in [1.82, 2.24) is 14.9 Å². The van der Waals surface area contributed by atoms with E-state index in [2.05, 4.69) is 31.4 Å². The molecule has 0 bridgehead atoms. The number of hydrogen-bond acceptors (Lipinski definition) is 5. The summed E-state index contributed by atoms with van der Waals surface area (Å²) in [5, 5.41) is 6.24. The average molecular weight is 398 g/mol. The molecule has 1 aliphatic heterocycles. The first-order valence-electron chi connectivity index (χ1n) is 9.33. The van der Waals surface area contributed by atoms with Crippen molar-refractivity contribution in [2.24, 2.45) is 0 Å². The third-order valence-electron chi connectivity index (χ3n) is 4.36. The molecule has 152 valence electrons. The second-order valence-corrected chi connectivity index (χ2v) is 9.72. The third kappa shape index (κ3) is 6.27. The molecule has 0 unspecified atom stereocenters. The van der Waals surface area contributed by atoms with E-state index >= 15 is 0 Å². The van der Waals surface area contributed by atoms with Crippen LogP contribution in [-0.4, -0.2) is 63.6 Å². The second-order valence-electron chi connectivity index (χ2n) is 7.78. The number of benzene rings is 1. The van der Waals surface area contributed by atoms with Crippen molar-refractivity contribution in [2.45, 2.75) is 44.6 Å².